The van der Waals surface area contributed by atoms with Crippen LogP contribution in [-0.4, -0.2) is 52.3 Å². The Hall–Kier alpha value is -1.92. The summed E-state index contributed by atoms with van der Waals surface area (Å²) in [6, 6.07) is 5.37. The molecule has 3 heterocycles. The van der Waals surface area contributed by atoms with Crippen molar-refractivity contribution in [2.24, 2.45) is 0 Å². The Bertz CT molecular complexity index is 761. The van der Waals surface area contributed by atoms with Crippen molar-refractivity contribution in [2.75, 3.05) is 19.7 Å². The number of rotatable bonds is 1. The smallest absolute Gasteiger partial charge is 0.253 e. The average molecular weight is 330 g/mol. The molecule has 4 rings (SSSR count). The van der Waals surface area contributed by atoms with Gasteiger partial charge in [-0.05, 0) is 43.9 Å². The topological polar surface area (TPSA) is 75.8 Å². The van der Waals surface area contributed by atoms with Gasteiger partial charge < -0.3 is 19.2 Å². The summed E-state index contributed by atoms with van der Waals surface area (Å²) >= 11 is 0. The maximum absolute atomic E-state index is 12.8. The SMILES string of the molecule is Cc1nc2ccc(C(=O)N3CCC4(CC3)OCCC[C@H]4O)cc2o1. The molecule has 0 saturated carbocycles. The number of nitrogens with zero attached hydrogens (tertiary/aromatic N) is 2. The van der Waals surface area contributed by atoms with Crippen LogP contribution in [0, 0.1) is 6.92 Å². The molecule has 6 nitrogen and oxygen atoms in total. The van der Waals surface area contributed by atoms with Gasteiger partial charge in [0.15, 0.2) is 11.5 Å². The van der Waals surface area contributed by atoms with E-state index in [4.69, 9.17) is 9.15 Å². The fraction of sp³-hybridized carbons (Fsp3) is 0.556. The third-order valence-corrected chi connectivity index (χ3v) is 5.26. The molecule has 24 heavy (non-hydrogen) atoms. The summed E-state index contributed by atoms with van der Waals surface area (Å²) in [4.78, 5) is 18.9. The van der Waals surface area contributed by atoms with Crippen molar-refractivity contribution in [2.45, 2.75) is 44.3 Å². The average Bonchev–Trinajstić information content (AvgIpc) is 2.97. The second kappa shape index (κ2) is 5.86. The lowest BCUT2D eigenvalue weighted by Gasteiger charge is -2.46. The van der Waals surface area contributed by atoms with E-state index in [1.54, 1.807) is 19.1 Å². The minimum Gasteiger partial charge on any atom is -0.441 e. The van der Waals surface area contributed by atoms with Gasteiger partial charge in [0.2, 0.25) is 0 Å². The molecule has 1 aromatic carbocycles. The molecule has 2 aliphatic rings. The fourth-order valence-electron chi connectivity index (χ4n) is 3.83. The number of hydrogen-bond donors (Lipinski definition) is 1. The highest BCUT2D eigenvalue weighted by molar-refractivity contribution is 5.97. The molecule has 1 aromatic heterocycles. The first-order valence-corrected chi connectivity index (χ1v) is 8.56. The first kappa shape index (κ1) is 15.6. The highest BCUT2D eigenvalue weighted by atomic mass is 16.5. The Morgan fingerprint density at radius 1 is 1.38 bits per heavy atom. The van der Waals surface area contributed by atoms with E-state index < -0.39 is 11.7 Å². The van der Waals surface area contributed by atoms with Crippen molar-refractivity contribution in [3.8, 4) is 0 Å². The van der Waals surface area contributed by atoms with Gasteiger partial charge in [-0.25, -0.2) is 4.98 Å². The van der Waals surface area contributed by atoms with Crippen molar-refractivity contribution in [1.29, 1.82) is 0 Å². The van der Waals surface area contributed by atoms with Gasteiger partial charge in [-0.2, -0.15) is 0 Å². The molecule has 1 N–H and O–H groups in total. The fourth-order valence-corrected chi connectivity index (χ4v) is 3.83. The Kier molecular flexibility index (Phi) is 3.81. The number of amides is 1. The summed E-state index contributed by atoms with van der Waals surface area (Å²) < 4.78 is 11.4. The van der Waals surface area contributed by atoms with Crippen molar-refractivity contribution >= 4 is 17.0 Å². The maximum Gasteiger partial charge on any atom is 0.253 e. The molecule has 0 bridgehead atoms. The monoisotopic (exact) mass is 330 g/mol. The number of oxazole rings is 1. The van der Waals surface area contributed by atoms with Gasteiger partial charge in [0.25, 0.3) is 5.91 Å². The van der Waals surface area contributed by atoms with E-state index in [0.29, 0.717) is 49.6 Å². The van der Waals surface area contributed by atoms with Crippen molar-refractivity contribution in [1.82, 2.24) is 9.88 Å². The molecule has 1 atom stereocenters. The Morgan fingerprint density at radius 2 is 2.17 bits per heavy atom. The number of fused-ring (bicyclic) bond motifs is 1. The molecule has 2 aliphatic heterocycles. The predicted octanol–water partition coefficient (Wildman–Crippen LogP) is 2.28. The summed E-state index contributed by atoms with van der Waals surface area (Å²) in [6.07, 6.45) is 2.64. The molecule has 0 aliphatic carbocycles. The summed E-state index contributed by atoms with van der Waals surface area (Å²) in [5, 5.41) is 10.3. The van der Waals surface area contributed by atoms with Crippen LogP contribution < -0.4 is 0 Å². The van der Waals surface area contributed by atoms with Crippen LogP contribution in [0.2, 0.25) is 0 Å². The van der Waals surface area contributed by atoms with Crippen LogP contribution in [0.3, 0.4) is 0 Å². The van der Waals surface area contributed by atoms with E-state index in [0.717, 1.165) is 18.4 Å². The molecule has 0 radical (unpaired) electrons. The minimum atomic E-state index is -0.457. The number of hydrogen-bond acceptors (Lipinski definition) is 5. The molecule has 6 heteroatoms. The minimum absolute atomic E-state index is 0.00824. The van der Waals surface area contributed by atoms with Gasteiger partial charge in [-0.3, -0.25) is 4.79 Å². The van der Waals surface area contributed by atoms with Crippen LogP contribution in [0.5, 0.6) is 0 Å². The van der Waals surface area contributed by atoms with E-state index >= 15 is 0 Å². The highest BCUT2D eigenvalue weighted by Crippen LogP contribution is 2.35. The van der Waals surface area contributed by atoms with Crippen LogP contribution in [0.1, 0.15) is 41.9 Å². The number of aliphatic hydroxyl groups excluding tert-OH is 1. The van der Waals surface area contributed by atoms with Gasteiger partial charge in [0.1, 0.15) is 5.52 Å². The standard InChI is InChI=1S/C18H22N2O4/c1-12-19-14-5-4-13(11-15(14)24-12)17(22)20-8-6-18(7-9-20)16(21)3-2-10-23-18/h4-5,11,16,21H,2-3,6-10H2,1H3/t16-/m1/s1. The van der Waals surface area contributed by atoms with Crippen LogP contribution in [0.4, 0.5) is 0 Å². The number of carbonyl (C=O) groups excluding carboxylic acids is 1. The molecule has 128 valence electrons. The number of aryl methyl sites for hydroxylation is 1. The maximum atomic E-state index is 12.8. The second-order valence-electron chi connectivity index (χ2n) is 6.78. The van der Waals surface area contributed by atoms with Crippen LogP contribution in [0.25, 0.3) is 11.1 Å². The van der Waals surface area contributed by atoms with Crippen molar-refractivity contribution < 1.29 is 19.1 Å². The summed E-state index contributed by atoms with van der Waals surface area (Å²) in [6.45, 7) is 3.69. The first-order valence-electron chi connectivity index (χ1n) is 8.56. The van der Waals surface area contributed by atoms with Gasteiger partial charge in [-0.1, -0.05) is 0 Å². The molecule has 1 spiro atoms. The summed E-state index contributed by atoms with van der Waals surface area (Å²) in [5.74, 6) is 0.587. The molecular weight excluding hydrogens is 308 g/mol. The predicted molar refractivity (Wildman–Crippen MR) is 87.8 cm³/mol. The number of aromatic nitrogens is 1. The number of benzene rings is 1. The zero-order valence-electron chi connectivity index (χ0n) is 13.8. The zero-order chi connectivity index (χ0) is 16.7. The van der Waals surface area contributed by atoms with E-state index in [9.17, 15) is 9.90 Å². The van der Waals surface area contributed by atoms with Crippen LogP contribution >= 0.6 is 0 Å². The molecule has 2 aromatic rings. The summed E-state index contributed by atoms with van der Waals surface area (Å²) in [7, 11) is 0. The lowest BCUT2D eigenvalue weighted by Crippen LogP contribution is -2.56. The molecule has 1 amide bonds. The normalized spacial score (nSPS) is 23.8. The van der Waals surface area contributed by atoms with E-state index in [2.05, 4.69) is 4.98 Å². The third-order valence-electron chi connectivity index (χ3n) is 5.26. The van der Waals surface area contributed by atoms with Gasteiger partial charge in [0, 0.05) is 32.2 Å². The highest BCUT2D eigenvalue weighted by Gasteiger charge is 2.44. The van der Waals surface area contributed by atoms with Crippen molar-refractivity contribution in [3.63, 3.8) is 0 Å². The van der Waals surface area contributed by atoms with Gasteiger partial charge in [-0.15, -0.1) is 0 Å². The Balaban J connectivity index is 1.49. The van der Waals surface area contributed by atoms with Crippen molar-refractivity contribution in [3.05, 3.63) is 29.7 Å². The first-order chi connectivity index (χ1) is 11.6. The number of carbonyl (C=O) groups is 1. The van der Waals surface area contributed by atoms with Crippen LogP contribution in [0.15, 0.2) is 22.6 Å². The lowest BCUT2D eigenvalue weighted by molar-refractivity contribution is -0.174. The number of piperidine rings is 1. The molecular formula is C18H22N2O4. The number of likely N-dealkylation sites (tertiary alicyclic amines) is 1. The van der Waals surface area contributed by atoms with E-state index in [-0.39, 0.29) is 5.91 Å². The second-order valence-corrected chi connectivity index (χ2v) is 6.78. The van der Waals surface area contributed by atoms with Crippen LogP contribution in [-0.2, 0) is 4.74 Å². The summed E-state index contributed by atoms with van der Waals surface area (Å²) in [5.41, 5.74) is 1.55. The lowest BCUT2D eigenvalue weighted by atomic mass is 9.82. The largest absolute Gasteiger partial charge is 0.441 e. The number of aliphatic hydroxyl groups is 1. The third kappa shape index (κ3) is 2.59. The Labute approximate surface area is 140 Å². The quantitative estimate of drug-likeness (QED) is 0.868. The van der Waals surface area contributed by atoms with Gasteiger partial charge >= 0.3 is 0 Å². The Morgan fingerprint density at radius 3 is 2.92 bits per heavy atom. The van der Waals surface area contributed by atoms with Gasteiger partial charge in [0.05, 0.1) is 11.7 Å². The van der Waals surface area contributed by atoms with E-state index in [1.165, 1.54) is 0 Å². The van der Waals surface area contributed by atoms with E-state index in [1.807, 2.05) is 11.0 Å². The molecule has 2 fully saturated rings. The zero-order valence-corrected chi connectivity index (χ0v) is 13.8. The molecule has 0 unspecified atom stereocenters. The molecule has 2 saturated heterocycles. The number of ether oxygens (including phenoxy) is 1.